The number of nitrogens with one attached hydrogen (secondary N) is 2. The van der Waals surface area contributed by atoms with Gasteiger partial charge >= 0.3 is 0 Å². The number of aromatic amines is 1. The van der Waals surface area contributed by atoms with Crippen molar-refractivity contribution in [1.29, 1.82) is 0 Å². The number of rotatable bonds is 3. The first-order valence-corrected chi connectivity index (χ1v) is 9.09. The molecule has 0 fully saturated rings. The molecule has 0 atom stereocenters. The molecular formula is C20H18N6O3. The van der Waals surface area contributed by atoms with Crippen molar-refractivity contribution in [3.8, 4) is 11.5 Å². The number of aliphatic imine (C=N–C) groups is 2. The summed E-state index contributed by atoms with van der Waals surface area (Å²) >= 11 is 0. The standard InChI is InChI=1S/C20H18N6O3/c1-28-12-8-13-17(16(9-12)29-2)24-20(26-6-5-21-18(13)26)25-19(27)11-3-4-14-15(7-11)23-10-22-14/h3-4,7-10H,5-6H2,1-2H3,(H,22,23)(H,24,25,27). The Morgan fingerprint density at radius 1 is 1.21 bits per heavy atom. The average Bonchev–Trinajstić information content (AvgIpc) is 3.42. The summed E-state index contributed by atoms with van der Waals surface area (Å²) in [5, 5.41) is 2.92. The van der Waals surface area contributed by atoms with Crippen molar-refractivity contribution in [2.75, 3.05) is 27.3 Å². The molecule has 1 aromatic heterocycles. The van der Waals surface area contributed by atoms with Gasteiger partial charge in [0, 0.05) is 18.2 Å². The Morgan fingerprint density at radius 3 is 2.93 bits per heavy atom. The highest BCUT2D eigenvalue weighted by Gasteiger charge is 2.33. The van der Waals surface area contributed by atoms with Crippen LogP contribution in [-0.2, 0) is 0 Å². The maximum absolute atomic E-state index is 12.9. The third kappa shape index (κ3) is 2.78. The molecule has 0 saturated heterocycles. The Hall–Kier alpha value is -3.88. The van der Waals surface area contributed by atoms with Gasteiger partial charge in [-0.2, -0.15) is 0 Å². The molecule has 9 nitrogen and oxygen atoms in total. The molecule has 1 amide bonds. The average molecular weight is 390 g/mol. The van der Waals surface area contributed by atoms with E-state index < -0.39 is 0 Å². The van der Waals surface area contributed by atoms with Crippen LogP contribution in [-0.4, -0.2) is 59.9 Å². The summed E-state index contributed by atoms with van der Waals surface area (Å²) in [5.74, 6) is 2.11. The van der Waals surface area contributed by atoms with Crippen LogP contribution in [0, 0.1) is 0 Å². The molecule has 29 heavy (non-hydrogen) atoms. The molecule has 3 heterocycles. The molecule has 5 rings (SSSR count). The van der Waals surface area contributed by atoms with Crippen LogP contribution in [0.15, 0.2) is 46.6 Å². The van der Waals surface area contributed by atoms with Gasteiger partial charge in [-0.25, -0.2) is 9.98 Å². The van der Waals surface area contributed by atoms with Crippen molar-refractivity contribution in [2.24, 2.45) is 9.98 Å². The minimum Gasteiger partial charge on any atom is -0.497 e. The van der Waals surface area contributed by atoms with Crippen LogP contribution in [0.1, 0.15) is 15.9 Å². The van der Waals surface area contributed by atoms with Gasteiger partial charge in [-0.15, -0.1) is 0 Å². The number of methoxy groups -OCH3 is 2. The SMILES string of the molecule is COc1cc(OC)c2c(c1)C1=NCCN1C(NC(=O)c1ccc3[nH]cnc3c1)=N2. The number of hydrogen-bond acceptors (Lipinski definition) is 7. The lowest BCUT2D eigenvalue weighted by Gasteiger charge is -2.28. The van der Waals surface area contributed by atoms with E-state index >= 15 is 0 Å². The zero-order chi connectivity index (χ0) is 20.0. The number of nitrogens with zero attached hydrogens (tertiary/aromatic N) is 4. The van der Waals surface area contributed by atoms with Crippen LogP contribution < -0.4 is 14.8 Å². The molecule has 2 aromatic carbocycles. The van der Waals surface area contributed by atoms with Crippen molar-refractivity contribution in [3.05, 3.63) is 47.8 Å². The summed E-state index contributed by atoms with van der Waals surface area (Å²) in [5.41, 5.74) is 3.53. The molecule has 2 aliphatic rings. The molecule has 146 valence electrons. The van der Waals surface area contributed by atoms with Gasteiger partial charge in [0.25, 0.3) is 5.91 Å². The van der Waals surface area contributed by atoms with E-state index in [1.165, 1.54) is 0 Å². The van der Waals surface area contributed by atoms with Crippen LogP contribution in [0.25, 0.3) is 11.0 Å². The first kappa shape index (κ1) is 17.2. The smallest absolute Gasteiger partial charge is 0.258 e. The van der Waals surface area contributed by atoms with Crippen molar-refractivity contribution in [2.45, 2.75) is 0 Å². The lowest BCUT2D eigenvalue weighted by atomic mass is 10.1. The van der Waals surface area contributed by atoms with Gasteiger partial charge in [-0.05, 0) is 24.3 Å². The van der Waals surface area contributed by atoms with Crippen LogP contribution in [0.5, 0.6) is 11.5 Å². The van der Waals surface area contributed by atoms with Crippen molar-refractivity contribution in [3.63, 3.8) is 0 Å². The van der Waals surface area contributed by atoms with E-state index in [-0.39, 0.29) is 5.91 Å². The fourth-order valence-electron chi connectivity index (χ4n) is 3.53. The number of aromatic nitrogens is 2. The molecule has 2 N–H and O–H groups in total. The predicted molar refractivity (Wildman–Crippen MR) is 108 cm³/mol. The lowest BCUT2D eigenvalue weighted by molar-refractivity contribution is 0.0974. The van der Waals surface area contributed by atoms with Crippen molar-refractivity contribution in [1.82, 2.24) is 20.2 Å². The van der Waals surface area contributed by atoms with E-state index in [0.29, 0.717) is 41.8 Å². The Kier molecular flexibility index (Phi) is 3.94. The van der Waals surface area contributed by atoms with Gasteiger partial charge in [-0.1, -0.05) is 0 Å². The number of carbonyl (C=O) groups excluding carboxylic acids is 1. The van der Waals surface area contributed by atoms with Crippen molar-refractivity contribution >= 4 is 34.4 Å². The molecule has 0 bridgehead atoms. The summed E-state index contributed by atoms with van der Waals surface area (Å²) in [4.78, 5) is 31.3. The van der Waals surface area contributed by atoms with Crippen molar-refractivity contribution < 1.29 is 14.3 Å². The number of amides is 1. The monoisotopic (exact) mass is 390 g/mol. The number of imidazole rings is 1. The zero-order valence-corrected chi connectivity index (χ0v) is 15.9. The number of benzene rings is 2. The molecule has 0 saturated carbocycles. The number of carbonyl (C=O) groups is 1. The second-order valence-electron chi connectivity index (χ2n) is 6.61. The second kappa shape index (κ2) is 6.62. The summed E-state index contributed by atoms with van der Waals surface area (Å²) in [6.07, 6.45) is 1.60. The predicted octanol–water partition coefficient (Wildman–Crippen LogP) is 2.07. The number of guanidine groups is 1. The first-order valence-electron chi connectivity index (χ1n) is 9.09. The molecule has 0 aliphatic carbocycles. The van der Waals surface area contributed by atoms with Gasteiger partial charge in [0.15, 0.2) is 0 Å². The normalized spacial score (nSPS) is 14.8. The van der Waals surface area contributed by atoms with Gasteiger partial charge < -0.3 is 14.5 Å². The highest BCUT2D eigenvalue weighted by molar-refractivity contribution is 6.20. The fourth-order valence-corrected chi connectivity index (χ4v) is 3.53. The van der Waals surface area contributed by atoms with E-state index in [1.807, 2.05) is 17.0 Å². The van der Waals surface area contributed by atoms with Gasteiger partial charge in [-0.3, -0.25) is 20.0 Å². The number of ether oxygens (including phenoxy) is 2. The van der Waals surface area contributed by atoms with E-state index in [2.05, 4.69) is 25.3 Å². The van der Waals surface area contributed by atoms with E-state index in [1.54, 1.807) is 38.7 Å². The van der Waals surface area contributed by atoms with Gasteiger partial charge in [0.1, 0.15) is 23.0 Å². The Balaban J connectivity index is 1.54. The second-order valence-corrected chi connectivity index (χ2v) is 6.61. The molecule has 0 unspecified atom stereocenters. The van der Waals surface area contributed by atoms with E-state index in [4.69, 9.17) is 9.47 Å². The zero-order valence-electron chi connectivity index (χ0n) is 15.9. The van der Waals surface area contributed by atoms with Gasteiger partial charge in [0.2, 0.25) is 5.96 Å². The molecular weight excluding hydrogens is 372 g/mol. The maximum atomic E-state index is 12.9. The lowest BCUT2D eigenvalue weighted by Crippen LogP contribution is -2.47. The first-order chi connectivity index (χ1) is 14.2. The number of H-pyrrole nitrogens is 1. The fraction of sp³-hybridized carbons (Fsp3) is 0.200. The maximum Gasteiger partial charge on any atom is 0.258 e. The number of fused-ring (bicyclic) bond motifs is 4. The molecule has 0 spiro atoms. The van der Waals surface area contributed by atoms with E-state index in [0.717, 1.165) is 22.4 Å². The molecule has 9 heteroatoms. The number of hydrogen-bond donors (Lipinski definition) is 2. The minimum absolute atomic E-state index is 0.268. The summed E-state index contributed by atoms with van der Waals surface area (Å²) < 4.78 is 10.9. The quantitative estimate of drug-likeness (QED) is 0.713. The van der Waals surface area contributed by atoms with Crippen LogP contribution in [0.4, 0.5) is 5.69 Å². The van der Waals surface area contributed by atoms with Crippen LogP contribution in [0.2, 0.25) is 0 Å². The Bertz CT molecular complexity index is 1200. The highest BCUT2D eigenvalue weighted by atomic mass is 16.5. The Morgan fingerprint density at radius 2 is 2.10 bits per heavy atom. The summed E-state index contributed by atoms with van der Waals surface area (Å²) in [7, 11) is 3.17. The van der Waals surface area contributed by atoms with Gasteiger partial charge in [0.05, 0.1) is 43.7 Å². The third-order valence-electron chi connectivity index (χ3n) is 4.97. The molecule has 2 aliphatic heterocycles. The molecule has 0 radical (unpaired) electrons. The third-order valence-corrected chi connectivity index (χ3v) is 4.97. The topological polar surface area (TPSA) is 104 Å². The molecule has 3 aromatic rings. The summed E-state index contributed by atoms with van der Waals surface area (Å²) in [6.45, 7) is 1.24. The van der Waals surface area contributed by atoms with E-state index in [9.17, 15) is 4.79 Å². The van der Waals surface area contributed by atoms with Crippen LogP contribution >= 0.6 is 0 Å². The number of amidine groups is 1. The Labute approximate surface area is 166 Å². The van der Waals surface area contributed by atoms with Crippen LogP contribution in [0.3, 0.4) is 0 Å². The minimum atomic E-state index is -0.268. The summed E-state index contributed by atoms with van der Waals surface area (Å²) in [6, 6.07) is 8.95. The largest absolute Gasteiger partial charge is 0.497 e. The highest BCUT2D eigenvalue weighted by Crippen LogP contribution is 2.39.